The summed E-state index contributed by atoms with van der Waals surface area (Å²) in [7, 11) is 0. The molecule has 1 saturated heterocycles. The van der Waals surface area contributed by atoms with Gasteiger partial charge in [0.1, 0.15) is 23.3 Å². The lowest BCUT2D eigenvalue weighted by Crippen LogP contribution is -2.61. The number of pyridine rings is 1. The van der Waals surface area contributed by atoms with E-state index in [0.717, 1.165) is 22.1 Å². The number of nitrogens with zero attached hydrogens (tertiary/aromatic N) is 4. The molecule has 1 amide bonds. The van der Waals surface area contributed by atoms with Crippen LogP contribution in [0.25, 0.3) is 11.4 Å². The molecule has 0 radical (unpaired) electrons. The second kappa shape index (κ2) is 8.40. The lowest BCUT2D eigenvalue weighted by atomic mass is 10.1. The average Bonchev–Trinajstić information content (AvgIpc) is 2.67. The van der Waals surface area contributed by atoms with Crippen LogP contribution in [0.15, 0.2) is 23.1 Å². The fraction of sp³-hybridized carbons (Fsp3) is 0.500. The van der Waals surface area contributed by atoms with Gasteiger partial charge in [-0.05, 0) is 33.8 Å². The molecule has 1 aliphatic heterocycles. The van der Waals surface area contributed by atoms with Crippen LogP contribution in [0.2, 0.25) is 0 Å². The Labute approximate surface area is 181 Å². The van der Waals surface area contributed by atoms with Crippen LogP contribution in [0.5, 0.6) is 0 Å². The summed E-state index contributed by atoms with van der Waals surface area (Å²) < 4.78 is 60.6. The number of nitrogens with one attached hydrogen (secondary N) is 1. The van der Waals surface area contributed by atoms with E-state index in [0.29, 0.717) is 0 Å². The molecular weight excluding hydrogens is 434 g/mol. The molecule has 1 N–H and O–H groups in total. The zero-order valence-corrected chi connectivity index (χ0v) is 18.0. The fourth-order valence-corrected chi connectivity index (χ4v) is 3.30. The first-order valence-corrected chi connectivity index (χ1v) is 9.80. The molecule has 0 bridgehead atoms. The zero-order chi connectivity index (χ0) is 23.8. The van der Waals surface area contributed by atoms with Gasteiger partial charge < -0.3 is 19.5 Å². The number of anilines is 1. The minimum Gasteiger partial charge on any atom is -0.444 e. The minimum absolute atomic E-state index is 0.0248. The fourth-order valence-electron chi connectivity index (χ4n) is 3.30. The van der Waals surface area contributed by atoms with Gasteiger partial charge in [0.2, 0.25) is 5.95 Å². The Bertz CT molecular complexity index is 1060. The van der Waals surface area contributed by atoms with E-state index in [4.69, 9.17) is 4.74 Å². The van der Waals surface area contributed by atoms with Gasteiger partial charge in [-0.25, -0.2) is 14.8 Å². The lowest BCUT2D eigenvalue weighted by molar-refractivity contribution is -0.155. The van der Waals surface area contributed by atoms with E-state index >= 15 is 0 Å². The maximum absolute atomic E-state index is 14.0. The van der Waals surface area contributed by atoms with E-state index < -0.39 is 42.0 Å². The van der Waals surface area contributed by atoms with Crippen molar-refractivity contribution in [1.82, 2.24) is 19.9 Å². The summed E-state index contributed by atoms with van der Waals surface area (Å²) in [5.41, 5.74) is -1.38. The number of amides is 1. The molecule has 2 aromatic rings. The number of aromatic nitrogens is 3. The zero-order valence-electron chi connectivity index (χ0n) is 18.0. The van der Waals surface area contributed by atoms with Crippen molar-refractivity contribution < 1.29 is 27.1 Å². The van der Waals surface area contributed by atoms with Crippen LogP contribution in [0.4, 0.5) is 28.2 Å². The van der Waals surface area contributed by atoms with E-state index in [1.54, 1.807) is 20.8 Å². The Hall–Kier alpha value is -3.18. The summed E-state index contributed by atoms with van der Waals surface area (Å²) >= 11 is 0. The number of piperazine rings is 1. The number of hydrogen-bond acceptors (Lipinski definition) is 6. The Morgan fingerprint density at radius 2 is 1.94 bits per heavy atom. The number of carbonyl (C=O) groups excluding carboxylic acids is 1. The van der Waals surface area contributed by atoms with Crippen molar-refractivity contribution >= 4 is 11.9 Å². The van der Waals surface area contributed by atoms with Crippen molar-refractivity contribution in [2.24, 2.45) is 0 Å². The van der Waals surface area contributed by atoms with Crippen molar-refractivity contribution in [3.63, 3.8) is 0 Å². The maximum Gasteiger partial charge on any atom is 0.410 e. The van der Waals surface area contributed by atoms with Crippen LogP contribution >= 0.6 is 0 Å². The van der Waals surface area contributed by atoms with Gasteiger partial charge in [-0.3, -0.25) is 4.79 Å². The van der Waals surface area contributed by atoms with Gasteiger partial charge in [0, 0.05) is 30.9 Å². The number of halogens is 4. The highest BCUT2D eigenvalue weighted by Crippen LogP contribution is 2.33. The standard InChI is InChI=1S/C20H23F4N5O3/c1-11-16(26-15(27-17(11)30)12-5-6-25-14(21)9-12)29-8-7-28(10-13(29)20(22,23)24)18(31)32-19(2,3)4/h5-6,9,13H,7-8,10H2,1-4H3,(H,26,27,30). The molecule has 12 heteroatoms. The van der Waals surface area contributed by atoms with Crippen molar-refractivity contribution in [2.45, 2.75) is 45.5 Å². The molecule has 174 valence electrons. The van der Waals surface area contributed by atoms with Gasteiger partial charge in [-0.2, -0.15) is 17.6 Å². The molecule has 2 aromatic heterocycles. The molecule has 3 heterocycles. The largest absolute Gasteiger partial charge is 0.444 e. The highest BCUT2D eigenvalue weighted by molar-refractivity contribution is 5.69. The number of ether oxygens (including phenoxy) is 1. The third kappa shape index (κ3) is 5.17. The molecule has 0 saturated carbocycles. The number of H-pyrrole nitrogens is 1. The molecule has 32 heavy (non-hydrogen) atoms. The highest BCUT2D eigenvalue weighted by atomic mass is 19.4. The van der Waals surface area contributed by atoms with E-state index in [1.807, 2.05) is 0 Å². The van der Waals surface area contributed by atoms with Crippen LogP contribution in [0.3, 0.4) is 0 Å². The van der Waals surface area contributed by atoms with E-state index in [2.05, 4.69) is 15.0 Å². The van der Waals surface area contributed by atoms with Crippen LogP contribution in [-0.2, 0) is 4.74 Å². The Morgan fingerprint density at radius 3 is 2.53 bits per heavy atom. The van der Waals surface area contributed by atoms with Gasteiger partial charge in [0.25, 0.3) is 5.56 Å². The van der Waals surface area contributed by atoms with E-state index in [1.165, 1.54) is 13.0 Å². The number of aromatic amines is 1. The predicted octanol–water partition coefficient (Wildman–Crippen LogP) is 3.27. The molecule has 1 aliphatic rings. The van der Waals surface area contributed by atoms with E-state index in [9.17, 15) is 27.2 Å². The summed E-state index contributed by atoms with van der Waals surface area (Å²) in [4.78, 5) is 36.8. The van der Waals surface area contributed by atoms with Crippen LogP contribution < -0.4 is 10.5 Å². The molecule has 0 aromatic carbocycles. The smallest absolute Gasteiger partial charge is 0.410 e. The summed E-state index contributed by atoms with van der Waals surface area (Å²) in [5, 5.41) is 0. The van der Waals surface area contributed by atoms with Gasteiger partial charge >= 0.3 is 12.3 Å². The lowest BCUT2D eigenvalue weighted by Gasteiger charge is -2.43. The van der Waals surface area contributed by atoms with E-state index in [-0.39, 0.29) is 35.9 Å². The molecule has 0 spiro atoms. The van der Waals surface area contributed by atoms with Crippen LogP contribution in [0, 0.1) is 12.9 Å². The van der Waals surface area contributed by atoms with Gasteiger partial charge in [0.05, 0.1) is 12.1 Å². The van der Waals surface area contributed by atoms with Gasteiger partial charge in [0.15, 0.2) is 0 Å². The molecule has 1 fully saturated rings. The topological polar surface area (TPSA) is 91.4 Å². The second-order valence-electron chi connectivity index (χ2n) is 8.41. The van der Waals surface area contributed by atoms with Gasteiger partial charge in [-0.15, -0.1) is 0 Å². The van der Waals surface area contributed by atoms with Crippen LogP contribution in [0.1, 0.15) is 26.3 Å². The summed E-state index contributed by atoms with van der Waals surface area (Å²) in [6, 6.07) is 0.278. The SMILES string of the molecule is Cc1c(N2CCN(C(=O)OC(C)(C)C)CC2C(F)(F)F)nc(-c2ccnc(F)c2)[nH]c1=O. The first-order chi connectivity index (χ1) is 14.8. The number of hydrogen-bond donors (Lipinski definition) is 1. The molecule has 1 unspecified atom stereocenters. The molecule has 1 atom stereocenters. The summed E-state index contributed by atoms with van der Waals surface area (Å²) in [6.07, 6.45) is -4.42. The minimum atomic E-state index is -4.72. The van der Waals surface area contributed by atoms with Crippen LogP contribution in [-0.4, -0.2) is 63.4 Å². The Morgan fingerprint density at radius 1 is 1.25 bits per heavy atom. The monoisotopic (exact) mass is 457 g/mol. The Kier molecular flexibility index (Phi) is 6.16. The van der Waals surface area contributed by atoms with Gasteiger partial charge in [-0.1, -0.05) is 0 Å². The third-order valence-electron chi connectivity index (χ3n) is 4.81. The summed E-state index contributed by atoms with van der Waals surface area (Å²) in [5.74, 6) is -1.11. The number of rotatable bonds is 2. The number of alkyl halides is 3. The van der Waals surface area contributed by atoms with Crippen molar-refractivity contribution in [3.8, 4) is 11.4 Å². The van der Waals surface area contributed by atoms with Crippen molar-refractivity contribution in [1.29, 1.82) is 0 Å². The second-order valence-corrected chi connectivity index (χ2v) is 8.41. The molecule has 8 nitrogen and oxygen atoms in total. The summed E-state index contributed by atoms with van der Waals surface area (Å²) in [6.45, 7) is 5.23. The molecular formula is C20H23F4N5O3. The normalized spacial score (nSPS) is 17.4. The maximum atomic E-state index is 14.0. The average molecular weight is 457 g/mol. The highest BCUT2D eigenvalue weighted by Gasteiger charge is 2.49. The number of carbonyl (C=O) groups is 1. The predicted molar refractivity (Wildman–Crippen MR) is 108 cm³/mol. The first kappa shape index (κ1) is 23.5. The first-order valence-electron chi connectivity index (χ1n) is 9.80. The van der Waals surface area contributed by atoms with Crippen molar-refractivity contribution in [3.05, 3.63) is 40.2 Å². The Balaban J connectivity index is 1.99. The third-order valence-corrected chi connectivity index (χ3v) is 4.81. The molecule has 0 aliphatic carbocycles. The molecule has 3 rings (SSSR count). The quantitative estimate of drug-likeness (QED) is 0.550. The van der Waals surface area contributed by atoms with Crippen molar-refractivity contribution in [2.75, 3.05) is 24.5 Å².